The number of rotatable bonds is 5. The second kappa shape index (κ2) is 8.39. The van der Waals surface area contributed by atoms with Gasteiger partial charge in [-0.15, -0.1) is 0 Å². The third-order valence-corrected chi connectivity index (χ3v) is 8.73. The van der Waals surface area contributed by atoms with Crippen molar-refractivity contribution < 1.29 is 22.5 Å². The monoisotopic (exact) mass is 452 g/mol. The molecule has 0 spiro atoms. The quantitative estimate of drug-likeness (QED) is 0.575. The Kier molecular flexibility index (Phi) is 5.99. The Morgan fingerprint density at radius 1 is 1.20 bits per heavy atom. The van der Waals surface area contributed by atoms with Crippen molar-refractivity contribution in [2.24, 2.45) is 11.8 Å². The van der Waals surface area contributed by atoms with E-state index in [9.17, 15) is 13.4 Å². The van der Waals surface area contributed by atoms with Crippen LogP contribution in [0, 0.1) is 23.5 Å². The van der Waals surface area contributed by atoms with E-state index in [2.05, 4.69) is 0 Å². The molecule has 1 aliphatic heterocycles. The fourth-order valence-electron chi connectivity index (χ4n) is 5.04. The highest BCUT2D eigenvalue weighted by atomic mass is 35.5. The standard InChI is InChI=1S/C23H23ClF2O3S/c1-14(27)4-5-15-3-2-12-23(30(28)17-8-6-16(24)7-9-17)18(15)13-29-22-20(26)11-10-19(25)21(22)23/h6-11,15,18H,2-5,12-13H2,1H3/t15-,18-,23-,30?/m0/s1. The van der Waals surface area contributed by atoms with Crippen molar-refractivity contribution in [2.45, 2.75) is 48.7 Å². The lowest BCUT2D eigenvalue weighted by Gasteiger charge is -2.50. The van der Waals surface area contributed by atoms with Crippen LogP contribution < -0.4 is 4.74 Å². The zero-order chi connectivity index (χ0) is 21.5. The molecule has 2 aliphatic rings. The molecule has 3 nitrogen and oxygen atoms in total. The maximum Gasteiger partial charge on any atom is 0.165 e. The lowest BCUT2D eigenvalue weighted by molar-refractivity contribution is -0.117. The number of carbonyl (C=O) groups excluding carboxylic acids is 1. The van der Waals surface area contributed by atoms with Gasteiger partial charge < -0.3 is 9.53 Å². The Morgan fingerprint density at radius 2 is 1.90 bits per heavy atom. The molecule has 7 heteroatoms. The number of Topliss-reactive ketones (excluding diaryl/α,β-unsaturated/α-hetero) is 1. The number of hydrogen-bond donors (Lipinski definition) is 0. The van der Waals surface area contributed by atoms with E-state index in [1.807, 2.05) is 0 Å². The van der Waals surface area contributed by atoms with Gasteiger partial charge in [-0.1, -0.05) is 18.0 Å². The van der Waals surface area contributed by atoms with Crippen molar-refractivity contribution >= 4 is 28.2 Å². The fourth-order valence-corrected chi connectivity index (χ4v) is 7.21. The molecule has 1 heterocycles. The van der Waals surface area contributed by atoms with Crippen molar-refractivity contribution in [2.75, 3.05) is 6.61 Å². The summed E-state index contributed by atoms with van der Waals surface area (Å²) in [4.78, 5) is 12.1. The number of benzene rings is 2. The molecular weight excluding hydrogens is 430 g/mol. The van der Waals surface area contributed by atoms with Crippen LogP contribution in [-0.4, -0.2) is 16.6 Å². The Labute approximate surface area is 182 Å². The minimum atomic E-state index is -1.66. The van der Waals surface area contributed by atoms with E-state index in [0.29, 0.717) is 35.6 Å². The van der Waals surface area contributed by atoms with Crippen LogP contribution in [0.2, 0.25) is 5.02 Å². The number of fused-ring (bicyclic) bond motifs is 3. The van der Waals surface area contributed by atoms with Gasteiger partial charge in [0.1, 0.15) is 11.6 Å². The molecule has 30 heavy (non-hydrogen) atoms. The van der Waals surface area contributed by atoms with Crippen LogP contribution in [0.5, 0.6) is 5.75 Å². The third-order valence-electron chi connectivity index (χ3n) is 6.41. The van der Waals surface area contributed by atoms with Gasteiger partial charge in [0.25, 0.3) is 0 Å². The molecule has 0 N–H and O–H groups in total. The molecule has 2 aromatic carbocycles. The average Bonchev–Trinajstić information content (AvgIpc) is 2.74. The molecule has 1 aliphatic carbocycles. The smallest absolute Gasteiger partial charge is 0.165 e. The summed E-state index contributed by atoms with van der Waals surface area (Å²) in [5.74, 6) is -1.56. The lowest BCUT2D eigenvalue weighted by Crippen LogP contribution is -2.52. The van der Waals surface area contributed by atoms with Gasteiger partial charge in [-0.05, 0) is 68.5 Å². The minimum absolute atomic E-state index is 0.0368. The molecule has 0 saturated heterocycles. The predicted octanol–water partition coefficient (Wildman–Crippen LogP) is 5.80. The summed E-state index contributed by atoms with van der Waals surface area (Å²) in [6.07, 6.45) is 3.04. The number of halogens is 3. The first-order valence-corrected chi connectivity index (χ1v) is 11.7. The van der Waals surface area contributed by atoms with E-state index < -0.39 is 27.2 Å². The van der Waals surface area contributed by atoms with E-state index in [1.54, 1.807) is 31.2 Å². The Morgan fingerprint density at radius 3 is 2.60 bits per heavy atom. The zero-order valence-electron chi connectivity index (χ0n) is 16.6. The number of ketones is 1. The van der Waals surface area contributed by atoms with Crippen LogP contribution in [0.25, 0.3) is 0 Å². The molecule has 1 unspecified atom stereocenters. The molecule has 1 fully saturated rings. The van der Waals surface area contributed by atoms with Crippen LogP contribution in [0.15, 0.2) is 41.3 Å². The molecule has 160 valence electrons. The first-order valence-electron chi connectivity index (χ1n) is 10.1. The lowest BCUT2D eigenvalue weighted by atomic mass is 9.66. The molecule has 4 rings (SSSR count). The van der Waals surface area contributed by atoms with Crippen LogP contribution in [0.4, 0.5) is 8.78 Å². The van der Waals surface area contributed by atoms with Crippen LogP contribution in [0.3, 0.4) is 0 Å². The van der Waals surface area contributed by atoms with E-state index in [4.69, 9.17) is 16.3 Å². The summed E-state index contributed by atoms with van der Waals surface area (Å²) in [5.41, 5.74) is 0.0690. The largest absolute Gasteiger partial charge is 0.490 e. The second-order valence-corrected chi connectivity index (χ2v) is 10.3. The van der Waals surface area contributed by atoms with Gasteiger partial charge in [0.2, 0.25) is 0 Å². The predicted molar refractivity (Wildman–Crippen MR) is 112 cm³/mol. The molecule has 0 radical (unpaired) electrons. The summed E-state index contributed by atoms with van der Waals surface area (Å²) in [6.45, 7) is 1.69. The van der Waals surface area contributed by atoms with Crippen molar-refractivity contribution in [3.05, 3.63) is 58.6 Å². The SMILES string of the molecule is CC(=O)CC[C@@H]1CCC[C@@]2(S(=O)c3ccc(Cl)cc3)c3c(F)ccc(F)c3OC[C@@H]12. The topological polar surface area (TPSA) is 43.4 Å². The number of ether oxygens (including phenoxy) is 1. The van der Waals surface area contributed by atoms with Gasteiger partial charge in [0.05, 0.1) is 27.7 Å². The summed E-state index contributed by atoms with van der Waals surface area (Å²) in [5, 5.41) is 0.511. The zero-order valence-corrected chi connectivity index (χ0v) is 18.2. The van der Waals surface area contributed by atoms with Crippen LogP contribution in [0.1, 0.15) is 44.6 Å². The first-order chi connectivity index (χ1) is 14.3. The van der Waals surface area contributed by atoms with Gasteiger partial charge >= 0.3 is 0 Å². The van der Waals surface area contributed by atoms with Gasteiger partial charge in [0.15, 0.2) is 11.6 Å². The molecule has 2 aromatic rings. The highest BCUT2D eigenvalue weighted by Crippen LogP contribution is 2.57. The maximum atomic E-state index is 15.2. The van der Waals surface area contributed by atoms with E-state index in [1.165, 1.54) is 0 Å². The maximum absolute atomic E-state index is 15.2. The van der Waals surface area contributed by atoms with E-state index >= 15 is 4.39 Å². The van der Waals surface area contributed by atoms with Gasteiger partial charge in [-0.25, -0.2) is 8.78 Å². The number of carbonyl (C=O) groups is 1. The molecule has 0 aromatic heterocycles. The Balaban J connectivity index is 1.88. The van der Waals surface area contributed by atoms with Crippen molar-refractivity contribution in [1.82, 2.24) is 0 Å². The first kappa shape index (κ1) is 21.4. The van der Waals surface area contributed by atoms with Gasteiger partial charge in [0, 0.05) is 22.3 Å². The summed E-state index contributed by atoms with van der Waals surface area (Å²) < 4.78 is 48.4. The summed E-state index contributed by atoms with van der Waals surface area (Å²) in [6, 6.07) is 8.78. The molecule has 0 bridgehead atoms. The van der Waals surface area contributed by atoms with Crippen molar-refractivity contribution in [3.63, 3.8) is 0 Å². The Hall–Kier alpha value is -1.79. The summed E-state index contributed by atoms with van der Waals surface area (Å²) >= 11 is 6.00. The van der Waals surface area contributed by atoms with Crippen LogP contribution >= 0.6 is 11.6 Å². The normalized spacial score (nSPS) is 26.3. The number of hydrogen-bond acceptors (Lipinski definition) is 3. The third kappa shape index (κ3) is 3.58. The molecule has 0 amide bonds. The highest BCUT2D eigenvalue weighted by molar-refractivity contribution is 7.86. The second-order valence-electron chi connectivity index (χ2n) is 8.16. The molecule has 1 saturated carbocycles. The average molecular weight is 453 g/mol. The van der Waals surface area contributed by atoms with Crippen molar-refractivity contribution in [3.8, 4) is 5.75 Å². The van der Waals surface area contributed by atoms with Crippen LogP contribution in [-0.2, 0) is 20.3 Å². The summed E-state index contributed by atoms with van der Waals surface area (Å²) in [7, 11) is -1.66. The fraction of sp³-hybridized carbons (Fsp3) is 0.435. The van der Waals surface area contributed by atoms with Crippen molar-refractivity contribution in [1.29, 1.82) is 0 Å². The molecular formula is C23H23ClF2O3S. The minimum Gasteiger partial charge on any atom is -0.490 e. The Bertz CT molecular complexity index is 995. The van der Waals surface area contributed by atoms with Gasteiger partial charge in [-0.3, -0.25) is 4.21 Å². The highest BCUT2D eigenvalue weighted by Gasteiger charge is 2.56. The molecule has 4 atom stereocenters. The van der Waals surface area contributed by atoms with Gasteiger partial charge in [-0.2, -0.15) is 0 Å². The van der Waals surface area contributed by atoms with E-state index in [0.717, 1.165) is 18.6 Å². The van der Waals surface area contributed by atoms with E-state index in [-0.39, 0.29) is 35.5 Å².